The highest BCUT2D eigenvalue weighted by Crippen LogP contribution is 2.30. The van der Waals surface area contributed by atoms with Crippen LogP contribution in [0, 0.1) is 10.1 Å². The highest BCUT2D eigenvalue weighted by Gasteiger charge is 2.18. The molecule has 1 aromatic carbocycles. The number of hydrogen-bond donors (Lipinski definition) is 2. The van der Waals surface area contributed by atoms with E-state index in [4.69, 9.17) is 14.6 Å². The van der Waals surface area contributed by atoms with Gasteiger partial charge in [0.1, 0.15) is 0 Å². The second-order valence-electron chi connectivity index (χ2n) is 4.23. The number of methoxy groups -OCH3 is 1. The van der Waals surface area contributed by atoms with E-state index in [0.717, 1.165) is 6.42 Å². The molecule has 0 fully saturated rings. The van der Waals surface area contributed by atoms with Crippen LogP contribution in [-0.4, -0.2) is 42.4 Å². The number of nitrogens with one attached hydrogen (secondary N) is 1. The normalized spacial score (nSPS) is 11.7. The van der Waals surface area contributed by atoms with Crippen LogP contribution < -0.4 is 10.1 Å². The monoisotopic (exact) mass is 298 g/mol. The van der Waals surface area contributed by atoms with E-state index in [1.165, 1.54) is 25.3 Å². The molecule has 8 nitrogen and oxygen atoms in total. The SMILES string of the molecule is CCCOc1cc(NCC(OC)C(=O)O)ccc1[N+](=O)[O-]. The summed E-state index contributed by atoms with van der Waals surface area (Å²) < 4.78 is 10.1. The lowest BCUT2D eigenvalue weighted by atomic mass is 10.2. The average molecular weight is 298 g/mol. The van der Waals surface area contributed by atoms with E-state index in [-0.39, 0.29) is 18.0 Å². The Balaban J connectivity index is 2.84. The summed E-state index contributed by atoms with van der Waals surface area (Å²) in [4.78, 5) is 21.2. The van der Waals surface area contributed by atoms with Crippen molar-refractivity contribution in [2.24, 2.45) is 0 Å². The quantitative estimate of drug-likeness (QED) is 0.529. The van der Waals surface area contributed by atoms with E-state index < -0.39 is 17.0 Å². The highest BCUT2D eigenvalue weighted by atomic mass is 16.6. The first-order valence-corrected chi connectivity index (χ1v) is 6.40. The number of ether oxygens (including phenoxy) is 2. The predicted octanol–water partition coefficient (Wildman–Crippen LogP) is 1.90. The number of hydrogen-bond acceptors (Lipinski definition) is 6. The third-order valence-electron chi connectivity index (χ3n) is 2.67. The first-order valence-electron chi connectivity index (χ1n) is 6.40. The lowest BCUT2D eigenvalue weighted by molar-refractivity contribution is -0.385. The Kier molecular flexibility index (Phi) is 6.41. The third kappa shape index (κ3) is 4.92. The van der Waals surface area contributed by atoms with Gasteiger partial charge < -0.3 is 19.9 Å². The van der Waals surface area contributed by atoms with Gasteiger partial charge >= 0.3 is 11.7 Å². The van der Waals surface area contributed by atoms with Crippen LogP contribution >= 0.6 is 0 Å². The molecular weight excluding hydrogens is 280 g/mol. The van der Waals surface area contributed by atoms with Crippen molar-refractivity contribution < 1.29 is 24.3 Å². The first kappa shape index (κ1) is 16.7. The molecule has 0 heterocycles. The van der Waals surface area contributed by atoms with Crippen LogP contribution in [0.3, 0.4) is 0 Å². The number of rotatable bonds is 9. The van der Waals surface area contributed by atoms with Gasteiger partial charge in [-0.05, 0) is 12.5 Å². The summed E-state index contributed by atoms with van der Waals surface area (Å²) in [7, 11) is 1.30. The molecule has 0 aromatic heterocycles. The zero-order chi connectivity index (χ0) is 15.8. The van der Waals surface area contributed by atoms with Crippen LogP contribution in [0.4, 0.5) is 11.4 Å². The van der Waals surface area contributed by atoms with Crippen molar-refractivity contribution in [1.29, 1.82) is 0 Å². The maximum atomic E-state index is 10.9. The maximum absolute atomic E-state index is 10.9. The van der Waals surface area contributed by atoms with Crippen LogP contribution in [0.1, 0.15) is 13.3 Å². The van der Waals surface area contributed by atoms with E-state index in [1.807, 2.05) is 6.92 Å². The fourth-order valence-corrected chi connectivity index (χ4v) is 1.58. The summed E-state index contributed by atoms with van der Waals surface area (Å²) in [6, 6.07) is 4.28. The van der Waals surface area contributed by atoms with E-state index in [0.29, 0.717) is 12.3 Å². The number of carbonyl (C=O) groups is 1. The van der Waals surface area contributed by atoms with Gasteiger partial charge in [-0.2, -0.15) is 0 Å². The zero-order valence-corrected chi connectivity index (χ0v) is 11.9. The number of aliphatic carboxylic acids is 1. The van der Waals surface area contributed by atoms with Gasteiger partial charge in [0, 0.05) is 24.9 Å². The lowest BCUT2D eigenvalue weighted by Gasteiger charge is -2.13. The van der Waals surface area contributed by atoms with Gasteiger partial charge in [0.2, 0.25) is 0 Å². The fourth-order valence-electron chi connectivity index (χ4n) is 1.58. The molecule has 21 heavy (non-hydrogen) atoms. The second-order valence-corrected chi connectivity index (χ2v) is 4.23. The van der Waals surface area contributed by atoms with Crippen molar-refractivity contribution in [2.45, 2.75) is 19.4 Å². The molecule has 0 saturated heterocycles. The number of carboxylic acids is 1. The summed E-state index contributed by atoms with van der Waals surface area (Å²) in [5, 5.41) is 22.6. The average Bonchev–Trinajstić information content (AvgIpc) is 2.45. The van der Waals surface area contributed by atoms with E-state index in [2.05, 4.69) is 5.32 Å². The summed E-state index contributed by atoms with van der Waals surface area (Å²) in [5.41, 5.74) is 0.394. The van der Waals surface area contributed by atoms with E-state index >= 15 is 0 Å². The second kappa shape index (κ2) is 8.05. The minimum Gasteiger partial charge on any atom is -0.487 e. The van der Waals surface area contributed by atoms with Crippen molar-refractivity contribution in [2.75, 3.05) is 25.6 Å². The Morgan fingerprint density at radius 1 is 1.52 bits per heavy atom. The van der Waals surface area contributed by atoms with Crippen molar-refractivity contribution in [1.82, 2.24) is 0 Å². The lowest BCUT2D eigenvalue weighted by Crippen LogP contribution is -2.30. The van der Waals surface area contributed by atoms with Crippen LogP contribution in [0.25, 0.3) is 0 Å². The molecule has 0 aliphatic carbocycles. The van der Waals surface area contributed by atoms with Crippen molar-refractivity contribution in [3.8, 4) is 5.75 Å². The van der Waals surface area contributed by atoms with Gasteiger partial charge in [-0.1, -0.05) is 6.92 Å². The molecule has 1 atom stereocenters. The highest BCUT2D eigenvalue weighted by molar-refractivity contribution is 5.73. The van der Waals surface area contributed by atoms with Gasteiger partial charge in [0.15, 0.2) is 11.9 Å². The summed E-state index contributed by atoms with van der Waals surface area (Å²) in [6.45, 7) is 2.29. The van der Waals surface area contributed by atoms with Crippen LogP contribution in [0.2, 0.25) is 0 Å². The van der Waals surface area contributed by atoms with Crippen molar-refractivity contribution in [3.05, 3.63) is 28.3 Å². The molecule has 1 aromatic rings. The zero-order valence-electron chi connectivity index (χ0n) is 11.9. The molecule has 1 rings (SSSR count). The molecule has 0 bridgehead atoms. The molecule has 0 spiro atoms. The van der Waals surface area contributed by atoms with Gasteiger partial charge in [0.05, 0.1) is 18.1 Å². The molecule has 2 N–H and O–H groups in total. The fraction of sp³-hybridized carbons (Fsp3) is 0.462. The van der Waals surface area contributed by atoms with E-state index in [9.17, 15) is 14.9 Å². The molecule has 0 radical (unpaired) electrons. The van der Waals surface area contributed by atoms with E-state index in [1.54, 1.807) is 0 Å². The van der Waals surface area contributed by atoms with Crippen LogP contribution in [0.5, 0.6) is 5.75 Å². The van der Waals surface area contributed by atoms with Crippen LogP contribution in [-0.2, 0) is 9.53 Å². The minimum atomic E-state index is -1.09. The molecule has 8 heteroatoms. The minimum absolute atomic E-state index is 0.0386. The largest absolute Gasteiger partial charge is 0.487 e. The molecule has 0 saturated carbocycles. The van der Waals surface area contributed by atoms with Gasteiger partial charge in [-0.25, -0.2) is 4.79 Å². The molecule has 0 aliphatic heterocycles. The topological polar surface area (TPSA) is 111 Å². The van der Waals surface area contributed by atoms with Crippen molar-refractivity contribution >= 4 is 17.3 Å². The summed E-state index contributed by atoms with van der Waals surface area (Å²) in [5.74, 6) is -0.939. The molecule has 1 unspecified atom stereocenters. The molecule has 0 amide bonds. The molecule has 0 aliphatic rings. The Labute approximate surface area is 121 Å². The maximum Gasteiger partial charge on any atom is 0.334 e. The summed E-state index contributed by atoms with van der Waals surface area (Å²) in [6.07, 6.45) is -0.278. The third-order valence-corrected chi connectivity index (χ3v) is 2.67. The Morgan fingerprint density at radius 2 is 2.24 bits per heavy atom. The summed E-state index contributed by atoms with van der Waals surface area (Å²) >= 11 is 0. The first-order chi connectivity index (χ1) is 9.99. The number of anilines is 1. The van der Waals surface area contributed by atoms with Gasteiger partial charge in [0.25, 0.3) is 0 Å². The standard InChI is InChI=1S/C13H18N2O6/c1-3-6-21-11-7-9(4-5-10(11)15(18)19)14-8-12(20-2)13(16)17/h4-5,7,12,14H,3,6,8H2,1-2H3,(H,16,17). The van der Waals surface area contributed by atoms with Crippen LogP contribution in [0.15, 0.2) is 18.2 Å². The number of nitrogens with zero attached hydrogens (tertiary/aromatic N) is 1. The Morgan fingerprint density at radius 3 is 2.76 bits per heavy atom. The van der Waals surface area contributed by atoms with Crippen molar-refractivity contribution in [3.63, 3.8) is 0 Å². The van der Waals surface area contributed by atoms with Gasteiger partial charge in [-0.3, -0.25) is 10.1 Å². The smallest absolute Gasteiger partial charge is 0.334 e. The Bertz CT molecular complexity index is 505. The number of nitro benzene ring substituents is 1. The Hall–Kier alpha value is -2.35. The molecule has 116 valence electrons. The van der Waals surface area contributed by atoms with Gasteiger partial charge in [-0.15, -0.1) is 0 Å². The predicted molar refractivity (Wildman–Crippen MR) is 75.8 cm³/mol. The number of benzene rings is 1. The number of nitro groups is 1. The number of carboxylic acid groups (broad SMARTS) is 1. The molecular formula is C13H18N2O6.